The number of halogens is 1. The van der Waals surface area contributed by atoms with Gasteiger partial charge in [0, 0.05) is 35.6 Å². The molecule has 22 heavy (non-hydrogen) atoms. The Bertz CT molecular complexity index is 729. The molecule has 1 fully saturated rings. The van der Waals surface area contributed by atoms with Crippen LogP contribution in [0.2, 0.25) is 5.02 Å². The lowest BCUT2D eigenvalue weighted by molar-refractivity contribution is -0.127. The van der Waals surface area contributed by atoms with E-state index >= 15 is 0 Å². The summed E-state index contributed by atoms with van der Waals surface area (Å²) in [6.45, 7) is 1.40. The van der Waals surface area contributed by atoms with Crippen molar-refractivity contribution in [2.75, 3.05) is 13.1 Å². The molecular weight excluding hydrogens is 298 g/mol. The molecule has 0 spiro atoms. The van der Waals surface area contributed by atoms with Gasteiger partial charge in [-0.25, -0.2) is 4.98 Å². The Labute approximate surface area is 134 Å². The maximum absolute atomic E-state index is 12.2. The molecule has 1 amide bonds. The first-order chi connectivity index (χ1) is 10.6. The number of carbonyl (C=O) groups excluding carboxylic acids is 1. The lowest BCUT2D eigenvalue weighted by Crippen LogP contribution is -2.45. The van der Waals surface area contributed by atoms with E-state index in [0.717, 1.165) is 36.0 Å². The maximum Gasteiger partial charge on any atom is 0.246 e. The molecule has 3 rings (SSSR count). The van der Waals surface area contributed by atoms with Gasteiger partial charge in [0.1, 0.15) is 0 Å². The van der Waals surface area contributed by atoms with Gasteiger partial charge in [-0.15, -0.1) is 0 Å². The van der Waals surface area contributed by atoms with Gasteiger partial charge >= 0.3 is 0 Å². The maximum atomic E-state index is 12.2. The summed E-state index contributed by atoms with van der Waals surface area (Å²) in [7, 11) is 0. The Morgan fingerprint density at radius 3 is 3.00 bits per heavy atom. The minimum absolute atomic E-state index is 0.0110. The number of pyridine rings is 1. The van der Waals surface area contributed by atoms with E-state index < -0.39 is 0 Å². The van der Waals surface area contributed by atoms with Crippen LogP contribution in [0.1, 0.15) is 18.5 Å². The molecule has 0 radical (unpaired) electrons. The second-order valence-corrected chi connectivity index (χ2v) is 6.03. The number of fused-ring (bicyclic) bond motifs is 1. The van der Waals surface area contributed by atoms with E-state index in [0.29, 0.717) is 11.6 Å². The summed E-state index contributed by atoms with van der Waals surface area (Å²) in [5.74, 6) is -0.0110. The van der Waals surface area contributed by atoms with E-state index in [1.807, 2.05) is 30.3 Å². The number of hydrogen-bond donors (Lipinski definition) is 1. The zero-order chi connectivity index (χ0) is 15.5. The average Bonchev–Trinajstić information content (AvgIpc) is 2.52. The van der Waals surface area contributed by atoms with Crippen LogP contribution < -0.4 is 5.73 Å². The van der Waals surface area contributed by atoms with Crippen LogP contribution in [-0.4, -0.2) is 34.9 Å². The van der Waals surface area contributed by atoms with Gasteiger partial charge in [-0.1, -0.05) is 23.7 Å². The Balaban J connectivity index is 1.75. The number of amides is 1. The van der Waals surface area contributed by atoms with Crippen molar-refractivity contribution < 1.29 is 4.79 Å². The van der Waals surface area contributed by atoms with Crippen molar-refractivity contribution in [1.82, 2.24) is 9.88 Å². The molecule has 4 nitrogen and oxygen atoms in total. The van der Waals surface area contributed by atoms with E-state index in [1.165, 1.54) is 0 Å². The summed E-state index contributed by atoms with van der Waals surface area (Å²) in [5, 5.41) is 1.68. The smallest absolute Gasteiger partial charge is 0.246 e. The lowest BCUT2D eigenvalue weighted by atomic mass is 10.1. The summed E-state index contributed by atoms with van der Waals surface area (Å²) < 4.78 is 0. The summed E-state index contributed by atoms with van der Waals surface area (Å²) in [6.07, 6.45) is 5.26. The number of likely N-dealkylation sites (tertiary alicyclic amines) is 1. The molecule has 2 heterocycles. The average molecular weight is 316 g/mol. The molecule has 1 saturated heterocycles. The number of rotatable bonds is 2. The number of nitrogens with zero attached hydrogens (tertiary/aromatic N) is 2. The highest BCUT2D eigenvalue weighted by molar-refractivity contribution is 6.31. The second kappa shape index (κ2) is 6.46. The normalized spacial score (nSPS) is 19.0. The van der Waals surface area contributed by atoms with Gasteiger partial charge in [-0.3, -0.25) is 4.79 Å². The molecule has 114 valence electrons. The van der Waals surface area contributed by atoms with Gasteiger partial charge in [0.05, 0.1) is 11.2 Å². The van der Waals surface area contributed by atoms with Crippen molar-refractivity contribution in [2.45, 2.75) is 18.9 Å². The first kappa shape index (κ1) is 15.0. The third-order valence-electron chi connectivity index (χ3n) is 3.84. The predicted molar refractivity (Wildman–Crippen MR) is 89.6 cm³/mol. The Hall–Kier alpha value is -1.91. The van der Waals surface area contributed by atoms with Crippen LogP contribution >= 0.6 is 11.6 Å². The fourth-order valence-corrected chi connectivity index (χ4v) is 2.84. The number of carbonyl (C=O) groups is 1. The Morgan fingerprint density at radius 1 is 1.36 bits per heavy atom. The molecule has 0 bridgehead atoms. The minimum Gasteiger partial charge on any atom is -0.338 e. The standard InChI is InChI=1S/C17H18ClN3O/c18-13-5-3-12-4-6-15(20-16(12)10-13)7-8-17(22)21-9-1-2-14(19)11-21/h3-8,10,14H,1-2,9,11,19H2/b8-7+. The Kier molecular flexibility index (Phi) is 4.41. The quantitative estimate of drug-likeness (QED) is 0.867. The molecule has 5 heteroatoms. The third-order valence-corrected chi connectivity index (χ3v) is 4.08. The molecule has 1 aliphatic heterocycles. The van der Waals surface area contributed by atoms with Gasteiger partial charge < -0.3 is 10.6 Å². The largest absolute Gasteiger partial charge is 0.338 e. The molecular formula is C17H18ClN3O. The molecule has 0 aliphatic carbocycles. The van der Waals surface area contributed by atoms with Crippen LogP contribution in [0.5, 0.6) is 0 Å². The summed E-state index contributed by atoms with van der Waals surface area (Å²) in [6, 6.07) is 9.54. The molecule has 1 atom stereocenters. The number of nitrogens with two attached hydrogens (primary N) is 1. The van der Waals surface area contributed by atoms with Gasteiger partial charge in [0.15, 0.2) is 0 Å². The van der Waals surface area contributed by atoms with Crippen molar-refractivity contribution in [3.63, 3.8) is 0 Å². The molecule has 0 saturated carbocycles. The highest BCUT2D eigenvalue weighted by atomic mass is 35.5. The third kappa shape index (κ3) is 3.46. The van der Waals surface area contributed by atoms with Crippen LogP contribution in [0.3, 0.4) is 0 Å². The van der Waals surface area contributed by atoms with Crippen molar-refractivity contribution in [3.8, 4) is 0 Å². The number of aromatic nitrogens is 1. The van der Waals surface area contributed by atoms with Crippen LogP contribution in [-0.2, 0) is 4.79 Å². The van der Waals surface area contributed by atoms with Gasteiger partial charge in [0.25, 0.3) is 0 Å². The van der Waals surface area contributed by atoms with Gasteiger partial charge in [0.2, 0.25) is 5.91 Å². The SMILES string of the molecule is NC1CCCN(C(=O)/C=C/c2ccc3ccc(Cl)cc3n2)C1. The van der Waals surface area contributed by atoms with Crippen molar-refractivity contribution in [2.24, 2.45) is 5.73 Å². The summed E-state index contributed by atoms with van der Waals surface area (Å²) in [5.41, 5.74) is 7.47. The van der Waals surface area contributed by atoms with Crippen LogP contribution in [0.15, 0.2) is 36.4 Å². The molecule has 2 aromatic rings. The summed E-state index contributed by atoms with van der Waals surface area (Å²) >= 11 is 5.98. The molecule has 1 aliphatic rings. The topological polar surface area (TPSA) is 59.2 Å². The van der Waals surface area contributed by atoms with Crippen LogP contribution in [0, 0.1) is 0 Å². The first-order valence-corrected chi connectivity index (χ1v) is 7.78. The first-order valence-electron chi connectivity index (χ1n) is 7.41. The number of hydrogen-bond acceptors (Lipinski definition) is 3. The van der Waals surface area contributed by atoms with Crippen molar-refractivity contribution in [3.05, 3.63) is 47.1 Å². The predicted octanol–water partition coefficient (Wildman–Crippen LogP) is 2.85. The molecule has 2 N–H and O–H groups in total. The van der Waals surface area contributed by atoms with Crippen LogP contribution in [0.4, 0.5) is 0 Å². The summed E-state index contributed by atoms with van der Waals surface area (Å²) in [4.78, 5) is 18.5. The van der Waals surface area contributed by atoms with E-state index in [-0.39, 0.29) is 11.9 Å². The fraction of sp³-hybridized carbons (Fsp3) is 0.294. The highest BCUT2D eigenvalue weighted by Gasteiger charge is 2.19. The van der Waals surface area contributed by atoms with E-state index in [4.69, 9.17) is 17.3 Å². The van der Waals surface area contributed by atoms with Gasteiger partial charge in [-0.2, -0.15) is 0 Å². The van der Waals surface area contributed by atoms with Crippen molar-refractivity contribution in [1.29, 1.82) is 0 Å². The number of benzene rings is 1. The zero-order valence-electron chi connectivity index (χ0n) is 12.2. The fourth-order valence-electron chi connectivity index (χ4n) is 2.67. The highest BCUT2D eigenvalue weighted by Crippen LogP contribution is 2.18. The van der Waals surface area contributed by atoms with Gasteiger partial charge in [-0.05, 0) is 37.1 Å². The van der Waals surface area contributed by atoms with E-state index in [9.17, 15) is 4.79 Å². The molecule has 1 unspecified atom stereocenters. The lowest BCUT2D eigenvalue weighted by Gasteiger charge is -2.29. The monoisotopic (exact) mass is 315 g/mol. The molecule has 1 aromatic carbocycles. The molecule has 1 aromatic heterocycles. The minimum atomic E-state index is -0.0110. The number of piperidine rings is 1. The van der Waals surface area contributed by atoms with Crippen LogP contribution in [0.25, 0.3) is 17.0 Å². The van der Waals surface area contributed by atoms with E-state index in [1.54, 1.807) is 17.1 Å². The zero-order valence-corrected chi connectivity index (χ0v) is 13.0. The van der Waals surface area contributed by atoms with E-state index in [2.05, 4.69) is 4.98 Å². The van der Waals surface area contributed by atoms with Crippen molar-refractivity contribution >= 4 is 34.5 Å². The Morgan fingerprint density at radius 2 is 2.18 bits per heavy atom. The second-order valence-electron chi connectivity index (χ2n) is 5.59.